The van der Waals surface area contributed by atoms with E-state index in [1.165, 1.54) is 38.3 Å². The number of hydrogen-bond donors (Lipinski definition) is 1. The lowest BCUT2D eigenvalue weighted by atomic mass is 10.1. The van der Waals surface area contributed by atoms with E-state index in [4.69, 9.17) is 0 Å². The van der Waals surface area contributed by atoms with Crippen molar-refractivity contribution >= 4 is 23.3 Å². The number of ether oxygens (including phenoxy) is 1. The number of nitrogens with one attached hydrogen (secondary N) is 1. The lowest BCUT2D eigenvalue weighted by Gasteiger charge is -2.11. The maximum absolute atomic E-state index is 12.4. The average Bonchev–Trinajstić information content (AvgIpc) is 2.55. The standard InChI is InChI=1S/C17H16N2O5/c1-10-9-12(17(21)24-3)7-8-14(10)18-16(20)13-5-4-6-15(11(13)2)19(22)23/h4-9H,1-3H3,(H,18,20). The summed E-state index contributed by atoms with van der Waals surface area (Å²) in [5.74, 6) is -0.921. The molecule has 2 rings (SSSR count). The summed E-state index contributed by atoms with van der Waals surface area (Å²) >= 11 is 0. The fourth-order valence-corrected chi connectivity index (χ4v) is 2.31. The van der Waals surface area contributed by atoms with Crippen LogP contribution in [0.15, 0.2) is 36.4 Å². The first-order valence-corrected chi connectivity index (χ1v) is 7.09. The number of amides is 1. The van der Waals surface area contributed by atoms with Crippen molar-refractivity contribution in [2.75, 3.05) is 12.4 Å². The number of nitrogens with zero attached hydrogens (tertiary/aromatic N) is 1. The highest BCUT2D eigenvalue weighted by Crippen LogP contribution is 2.23. The SMILES string of the molecule is COC(=O)c1ccc(NC(=O)c2cccc([N+](=O)[O-])c2C)c(C)c1. The molecular formula is C17H16N2O5. The van der Waals surface area contributed by atoms with Gasteiger partial charge >= 0.3 is 5.97 Å². The van der Waals surface area contributed by atoms with Gasteiger partial charge in [-0.1, -0.05) is 6.07 Å². The van der Waals surface area contributed by atoms with Crippen LogP contribution in [0.25, 0.3) is 0 Å². The molecule has 0 aliphatic rings. The van der Waals surface area contributed by atoms with Crippen LogP contribution in [0, 0.1) is 24.0 Å². The number of carbonyl (C=O) groups excluding carboxylic acids is 2. The molecule has 24 heavy (non-hydrogen) atoms. The monoisotopic (exact) mass is 328 g/mol. The van der Waals surface area contributed by atoms with Gasteiger partial charge in [0.05, 0.1) is 17.6 Å². The summed E-state index contributed by atoms with van der Waals surface area (Å²) in [5.41, 5.74) is 1.97. The Labute approximate surface area is 138 Å². The third-order valence-electron chi connectivity index (χ3n) is 3.64. The average molecular weight is 328 g/mol. The van der Waals surface area contributed by atoms with Gasteiger partial charge in [-0.2, -0.15) is 0 Å². The Morgan fingerprint density at radius 1 is 1.17 bits per heavy atom. The van der Waals surface area contributed by atoms with Gasteiger partial charge in [-0.05, 0) is 43.7 Å². The number of anilines is 1. The van der Waals surface area contributed by atoms with E-state index in [2.05, 4.69) is 10.1 Å². The minimum absolute atomic E-state index is 0.111. The summed E-state index contributed by atoms with van der Waals surface area (Å²) in [6, 6.07) is 9.06. The molecule has 7 heteroatoms. The quantitative estimate of drug-likeness (QED) is 0.527. The van der Waals surface area contributed by atoms with Crippen LogP contribution in [0.5, 0.6) is 0 Å². The zero-order valence-electron chi connectivity index (χ0n) is 13.5. The largest absolute Gasteiger partial charge is 0.465 e. The van der Waals surface area contributed by atoms with E-state index >= 15 is 0 Å². The molecule has 7 nitrogen and oxygen atoms in total. The summed E-state index contributed by atoms with van der Waals surface area (Å²) in [5, 5.41) is 13.7. The molecule has 2 aromatic rings. The summed E-state index contributed by atoms with van der Waals surface area (Å²) in [6.45, 7) is 3.27. The van der Waals surface area contributed by atoms with Crippen molar-refractivity contribution in [3.05, 3.63) is 68.8 Å². The maximum atomic E-state index is 12.4. The number of nitro groups is 1. The molecule has 1 N–H and O–H groups in total. The number of nitro benzene ring substituents is 1. The van der Waals surface area contributed by atoms with Crippen LogP contribution in [-0.2, 0) is 4.74 Å². The predicted molar refractivity (Wildman–Crippen MR) is 88.3 cm³/mol. The Morgan fingerprint density at radius 3 is 2.46 bits per heavy atom. The summed E-state index contributed by atoms with van der Waals surface area (Å²) in [6.07, 6.45) is 0. The van der Waals surface area contributed by atoms with Crippen LogP contribution >= 0.6 is 0 Å². The predicted octanol–water partition coefficient (Wildman–Crippen LogP) is 3.25. The zero-order valence-corrected chi connectivity index (χ0v) is 13.5. The van der Waals surface area contributed by atoms with E-state index in [1.54, 1.807) is 19.1 Å². The molecule has 0 spiro atoms. The van der Waals surface area contributed by atoms with E-state index < -0.39 is 16.8 Å². The number of methoxy groups -OCH3 is 1. The third-order valence-corrected chi connectivity index (χ3v) is 3.64. The van der Waals surface area contributed by atoms with E-state index in [-0.39, 0.29) is 11.3 Å². The molecule has 2 aromatic carbocycles. The molecule has 124 valence electrons. The molecule has 0 unspecified atom stereocenters. The second-order valence-electron chi connectivity index (χ2n) is 5.18. The molecule has 0 radical (unpaired) electrons. The Bertz CT molecular complexity index is 830. The van der Waals surface area contributed by atoms with Crippen molar-refractivity contribution in [2.24, 2.45) is 0 Å². The van der Waals surface area contributed by atoms with Gasteiger partial charge in [0.15, 0.2) is 0 Å². The van der Waals surface area contributed by atoms with Gasteiger partial charge in [0.1, 0.15) is 0 Å². The first-order valence-electron chi connectivity index (χ1n) is 7.09. The van der Waals surface area contributed by atoms with Crippen molar-refractivity contribution in [3.63, 3.8) is 0 Å². The minimum atomic E-state index is -0.525. The van der Waals surface area contributed by atoms with E-state index in [1.807, 2.05) is 0 Å². The number of carbonyl (C=O) groups is 2. The highest BCUT2D eigenvalue weighted by Gasteiger charge is 2.18. The zero-order chi connectivity index (χ0) is 17.9. The van der Waals surface area contributed by atoms with Crippen LogP contribution < -0.4 is 5.32 Å². The number of esters is 1. The van der Waals surface area contributed by atoms with E-state index in [9.17, 15) is 19.7 Å². The first-order chi connectivity index (χ1) is 11.3. The third kappa shape index (κ3) is 3.40. The van der Waals surface area contributed by atoms with Crippen LogP contribution in [0.2, 0.25) is 0 Å². The highest BCUT2D eigenvalue weighted by atomic mass is 16.6. The smallest absolute Gasteiger partial charge is 0.337 e. The van der Waals surface area contributed by atoms with Crippen LogP contribution in [0.1, 0.15) is 31.8 Å². The Kier molecular flexibility index (Phi) is 4.93. The normalized spacial score (nSPS) is 10.1. The number of aryl methyl sites for hydroxylation is 1. The summed E-state index contributed by atoms with van der Waals surface area (Å²) in [7, 11) is 1.29. The molecule has 0 atom stereocenters. The molecule has 1 amide bonds. The summed E-state index contributed by atoms with van der Waals surface area (Å²) < 4.78 is 4.64. The molecule has 0 saturated carbocycles. The van der Waals surface area contributed by atoms with Crippen molar-refractivity contribution in [1.29, 1.82) is 0 Å². The number of hydrogen-bond acceptors (Lipinski definition) is 5. The van der Waals surface area contributed by atoms with Gasteiger partial charge in [-0.3, -0.25) is 14.9 Å². The van der Waals surface area contributed by atoms with Gasteiger partial charge < -0.3 is 10.1 Å². The minimum Gasteiger partial charge on any atom is -0.465 e. The van der Waals surface area contributed by atoms with Crippen molar-refractivity contribution in [1.82, 2.24) is 0 Å². The van der Waals surface area contributed by atoms with Crippen LogP contribution in [0.4, 0.5) is 11.4 Å². The Hall–Kier alpha value is -3.22. The van der Waals surface area contributed by atoms with Gasteiger partial charge in [0, 0.05) is 22.9 Å². The molecule has 0 fully saturated rings. The maximum Gasteiger partial charge on any atom is 0.337 e. The molecule has 0 saturated heterocycles. The van der Waals surface area contributed by atoms with Gasteiger partial charge in [0.2, 0.25) is 0 Å². The number of rotatable bonds is 4. The highest BCUT2D eigenvalue weighted by molar-refractivity contribution is 6.06. The fourth-order valence-electron chi connectivity index (χ4n) is 2.31. The first kappa shape index (κ1) is 17.1. The molecule has 0 heterocycles. The second-order valence-corrected chi connectivity index (χ2v) is 5.18. The molecule has 0 aliphatic carbocycles. The molecule has 0 aliphatic heterocycles. The van der Waals surface area contributed by atoms with Crippen molar-refractivity contribution in [3.8, 4) is 0 Å². The lowest BCUT2D eigenvalue weighted by Crippen LogP contribution is -2.15. The van der Waals surface area contributed by atoms with E-state index in [0.717, 1.165) is 0 Å². The van der Waals surface area contributed by atoms with Crippen LogP contribution in [0.3, 0.4) is 0 Å². The number of benzene rings is 2. The van der Waals surface area contributed by atoms with Gasteiger partial charge in [0.25, 0.3) is 11.6 Å². The van der Waals surface area contributed by atoms with Crippen LogP contribution in [-0.4, -0.2) is 23.9 Å². The van der Waals surface area contributed by atoms with Gasteiger partial charge in [-0.25, -0.2) is 4.79 Å². The Morgan fingerprint density at radius 2 is 1.88 bits per heavy atom. The topological polar surface area (TPSA) is 98.5 Å². The van der Waals surface area contributed by atoms with Crippen molar-refractivity contribution < 1.29 is 19.2 Å². The molecule has 0 bridgehead atoms. The molecule has 0 aromatic heterocycles. The summed E-state index contributed by atoms with van der Waals surface area (Å²) in [4.78, 5) is 34.3. The van der Waals surface area contributed by atoms with Crippen molar-refractivity contribution in [2.45, 2.75) is 13.8 Å². The fraction of sp³-hybridized carbons (Fsp3) is 0.176. The second kappa shape index (κ2) is 6.91. The van der Waals surface area contributed by atoms with E-state index in [0.29, 0.717) is 22.4 Å². The molecular weight excluding hydrogens is 312 g/mol. The van der Waals surface area contributed by atoms with Gasteiger partial charge in [-0.15, -0.1) is 0 Å². The lowest BCUT2D eigenvalue weighted by molar-refractivity contribution is -0.385. The Balaban J connectivity index is 2.29.